The third-order valence-electron chi connectivity index (χ3n) is 3.27. The van der Waals surface area contributed by atoms with Gasteiger partial charge in [-0.15, -0.1) is 0 Å². The fourth-order valence-corrected chi connectivity index (χ4v) is 3.08. The van der Waals surface area contributed by atoms with Crippen LogP contribution in [0.1, 0.15) is 19.2 Å². The zero-order valence-electron chi connectivity index (χ0n) is 11.2. The average molecular weight is 285 g/mol. The Bertz CT molecular complexity index is 438. The van der Waals surface area contributed by atoms with Crippen LogP contribution in [-0.2, 0) is 16.0 Å². The summed E-state index contributed by atoms with van der Waals surface area (Å²) in [5.41, 5.74) is 0. The van der Waals surface area contributed by atoms with Crippen LogP contribution >= 0.6 is 11.5 Å². The quantitative estimate of drug-likeness (QED) is 0.878. The Hall–Kier alpha value is -1.21. The van der Waals surface area contributed by atoms with Crippen LogP contribution in [-0.4, -0.2) is 47.2 Å². The molecule has 1 fully saturated rings. The number of methoxy groups -OCH3 is 1. The van der Waals surface area contributed by atoms with E-state index < -0.39 is 5.97 Å². The van der Waals surface area contributed by atoms with Crippen molar-refractivity contribution in [3.05, 3.63) is 5.82 Å². The fraction of sp³-hybridized carbons (Fsp3) is 0.750. The molecule has 1 aromatic rings. The first-order valence-electron chi connectivity index (χ1n) is 6.39. The van der Waals surface area contributed by atoms with Gasteiger partial charge >= 0.3 is 5.97 Å². The summed E-state index contributed by atoms with van der Waals surface area (Å²) < 4.78 is 9.28. The average Bonchev–Trinajstić information content (AvgIpc) is 2.84. The molecule has 1 saturated heterocycles. The number of carboxylic acid groups (broad SMARTS) is 1. The zero-order chi connectivity index (χ0) is 13.8. The van der Waals surface area contributed by atoms with Gasteiger partial charge in [0.25, 0.3) is 0 Å². The van der Waals surface area contributed by atoms with Crippen molar-refractivity contribution in [2.45, 2.75) is 19.8 Å². The summed E-state index contributed by atoms with van der Waals surface area (Å²) >= 11 is 1.34. The van der Waals surface area contributed by atoms with Crippen LogP contribution in [0.3, 0.4) is 0 Å². The van der Waals surface area contributed by atoms with Gasteiger partial charge < -0.3 is 14.7 Å². The molecule has 2 rings (SSSR count). The standard InChI is InChI=1S/C12H19N3O3S/c1-8-5-9(11(16)17)7-15(6-8)12-13-10(14-19-12)3-4-18-2/h8-9H,3-7H2,1-2H3,(H,16,17). The topological polar surface area (TPSA) is 75.5 Å². The molecule has 1 aromatic heterocycles. The summed E-state index contributed by atoms with van der Waals surface area (Å²) in [5, 5.41) is 9.99. The van der Waals surface area contributed by atoms with Crippen LogP contribution in [0.2, 0.25) is 0 Å². The number of rotatable bonds is 5. The van der Waals surface area contributed by atoms with Crippen LogP contribution in [0.25, 0.3) is 0 Å². The number of carbonyl (C=O) groups is 1. The summed E-state index contributed by atoms with van der Waals surface area (Å²) in [6, 6.07) is 0. The van der Waals surface area contributed by atoms with Gasteiger partial charge in [0, 0.05) is 38.2 Å². The van der Waals surface area contributed by atoms with Crippen LogP contribution in [0, 0.1) is 11.8 Å². The molecule has 0 radical (unpaired) electrons. The zero-order valence-corrected chi connectivity index (χ0v) is 12.0. The molecule has 2 atom stereocenters. The molecule has 19 heavy (non-hydrogen) atoms. The Morgan fingerprint density at radius 2 is 2.37 bits per heavy atom. The predicted molar refractivity (Wildman–Crippen MR) is 72.6 cm³/mol. The van der Waals surface area contributed by atoms with E-state index >= 15 is 0 Å². The normalized spacial score (nSPS) is 23.6. The molecule has 106 valence electrons. The van der Waals surface area contributed by atoms with Crippen molar-refractivity contribution in [3.63, 3.8) is 0 Å². The number of anilines is 1. The van der Waals surface area contributed by atoms with Crippen LogP contribution < -0.4 is 4.90 Å². The summed E-state index contributed by atoms with van der Waals surface area (Å²) in [6.45, 7) is 4.06. The lowest BCUT2D eigenvalue weighted by Crippen LogP contribution is -2.42. The minimum Gasteiger partial charge on any atom is -0.481 e. The van der Waals surface area contributed by atoms with E-state index in [-0.39, 0.29) is 5.92 Å². The number of hydrogen-bond donors (Lipinski definition) is 1. The smallest absolute Gasteiger partial charge is 0.308 e. The summed E-state index contributed by atoms with van der Waals surface area (Å²) in [4.78, 5) is 17.7. The van der Waals surface area contributed by atoms with Crippen molar-refractivity contribution in [3.8, 4) is 0 Å². The van der Waals surface area contributed by atoms with E-state index in [1.165, 1.54) is 11.5 Å². The van der Waals surface area contributed by atoms with Crippen LogP contribution in [0.4, 0.5) is 5.13 Å². The largest absolute Gasteiger partial charge is 0.481 e. The maximum absolute atomic E-state index is 11.1. The molecular weight excluding hydrogens is 266 g/mol. The van der Waals surface area contributed by atoms with Gasteiger partial charge in [0.1, 0.15) is 5.82 Å². The van der Waals surface area contributed by atoms with Crippen LogP contribution in [0.15, 0.2) is 0 Å². The molecule has 6 nitrogen and oxygen atoms in total. The number of aromatic nitrogens is 2. The van der Waals surface area contributed by atoms with Crippen molar-refractivity contribution < 1.29 is 14.6 Å². The van der Waals surface area contributed by atoms with Crippen LogP contribution in [0.5, 0.6) is 0 Å². The first kappa shape index (κ1) is 14.2. The lowest BCUT2D eigenvalue weighted by molar-refractivity contribution is -0.142. The highest BCUT2D eigenvalue weighted by Crippen LogP contribution is 2.27. The fourth-order valence-electron chi connectivity index (χ4n) is 2.35. The SMILES string of the molecule is COCCc1nsc(N2CC(C)CC(C(=O)O)C2)n1. The van der Waals surface area contributed by atoms with E-state index in [0.717, 1.165) is 23.9 Å². The molecule has 0 bridgehead atoms. The van der Waals surface area contributed by atoms with Gasteiger partial charge in [-0.05, 0) is 12.3 Å². The van der Waals surface area contributed by atoms with E-state index in [4.69, 9.17) is 9.84 Å². The number of nitrogens with zero attached hydrogens (tertiary/aromatic N) is 3. The van der Waals surface area contributed by atoms with Gasteiger partial charge in [-0.1, -0.05) is 6.92 Å². The Balaban J connectivity index is 2.03. The Labute approximate surface area is 116 Å². The molecule has 2 heterocycles. The van der Waals surface area contributed by atoms with Gasteiger partial charge in [0.15, 0.2) is 0 Å². The molecule has 0 aromatic carbocycles. The van der Waals surface area contributed by atoms with Crippen molar-refractivity contribution in [1.29, 1.82) is 0 Å². The summed E-state index contributed by atoms with van der Waals surface area (Å²) in [7, 11) is 1.65. The Kier molecular flexibility index (Phi) is 4.71. The maximum atomic E-state index is 11.1. The molecule has 1 aliphatic rings. The van der Waals surface area contributed by atoms with Crippen molar-refractivity contribution in [2.75, 3.05) is 31.7 Å². The minimum absolute atomic E-state index is 0.310. The van der Waals surface area contributed by atoms with Crippen molar-refractivity contribution in [1.82, 2.24) is 9.36 Å². The van der Waals surface area contributed by atoms with E-state index in [0.29, 0.717) is 25.5 Å². The number of aliphatic carboxylic acids is 1. The van der Waals surface area contributed by atoms with Gasteiger partial charge in [-0.25, -0.2) is 4.98 Å². The Morgan fingerprint density at radius 3 is 3.05 bits per heavy atom. The first-order chi connectivity index (χ1) is 9.10. The van der Waals surface area contributed by atoms with E-state index in [2.05, 4.69) is 16.3 Å². The molecule has 1 N–H and O–H groups in total. The third kappa shape index (κ3) is 3.63. The molecule has 0 amide bonds. The van der Waals surface area contributed by atoms with Gasteiger partial charge in [-0.3, -0.25) is 4.79 Å². The highest BCUT2D eigenvalue weighted by Gasteiger charge is 2.30. The molecule has 0 aliphatic carbocycles. The maximum Gasteiger partial charge on any atom is 0.308 e. The van der Waals surface area contributed by atoms with Gasteiger partial charge in [0.2, 0.25) is 5.13 Å². The number of hydrogen-bond acceptors (Lipinski definition) is 6. The lowest BCUT2D eigenvalue weighted by atomic mass is 9.91. The molecular formula is C12H19N3O3S. The molecule has 0 saturated carbocycles. The van der Waals surface area contributed by atoms with Gasteiger partial charge in [-0.2, -0.15) is 4.37 Å². The number of carboxylic acids is 1. The third-order valence-corrected chi connectivity index (χ3v) is 4.08. The van der Waals surface area contributed by atoms with Crippen molar-refractivity contribution in [2.24, 2.45) is 11.8 Å². The number of piperidine rings is 1. The second kappa shape index (κ2) is 6.29. The van der Waals surface area contributed by atoms with Gasteiger partial charge in [0.05, 0.1) is 12.5 Å². The molecule has 0 spiro atoms. The first-order valence-corrected chi connectivity index (χ1v) is 7.16. The highest BCUT2D eigenvalue weighted by molar-refractivity contribution is 7.09. The predicted octanol–water partition coefficient (Wildman–Crippen LogP) is 1.27. The van der Waals surface area contributed by atoms with E-state index in [9.17, 15) is 4.79 Å². The summed E-state index contributed by atoms with van der Waals surface area (Å²) in [5.74, 6) is 0.101. The second-order valence-corrected chi connectivity index (χ2v) is 5.75. The molecule has 7 heteroatoms. The molecule has 2 unspecified atom stereocenters. The Morgan fingerprint density at radius 1 is 1.58 bits per heavy atom. The van der Waals surface area contributed by atoms with E-state index in [1.807, 2.05) is 4.90 Å². The second-order valence-electron chi connectivity index (χ2n) is 5.02. The van der Waals surface area contributed by atoms with E-state index in [1.54, 1.807) is 7.11 Å². The summed E-state index contributed by atoms with van der Waals surface area (Å²) in [6.07, 6.45) is 1.43. The number of ether oxygens (including phenoxy) is 1. The monoisotopic (exact) mass is 285 g/mol. The van der Waals surface area contributed by atoms with Crippen molar-refractivity contribution >= 4 is 22.6 Å². The lowest BCUT2D eigenvalue weighted by Gasteiger charge is -2.34. The minimum atomic E-state index is -0.722. The highest BCUT2D eigenvalue weighted by atomic mass is 32.1. The molecule has 1 aliphatic heterocycles.